The predicted octanol–water partition coefficient (Wildman–Crippen LogP) is 4.84. The van der Waals surface area contributed by atoms with Gasteiger partial charge in [0.15, 0.2) is 0 Å². The van der Waals surface area contributed by atoms with E-state index in [4.69, 9.17) is 5.11 Å². The largest absolute Gasteiger partial charge is 0.478 e. The van der Waals surface area contributed by atoms with Crippen molar-refractivity contribution in [2.24, 2.45) is 0 Å². The Hall–Kier alpha value is -0.960. The van der Waals surface area contributed by atoms with E-state index in [1.807, 2.05) is 23.9 Å². The van der Waals surface area contributed by atoms with Gasteiger partial charge in [0.25, 0.3) is 0 Å². The van der Waals surface area contributed by atoms with Crippen molar-refractivity contribution in [3.8, 4) is 0 Å². The molecule has 2 nitrogen and oxygen atoms in total. The molecule has 0 aliphatic heterocycles. The normalized spacial score (nSPS) is 12.3. The van der Waals surface area contributed by atoms with Crippen molar-refractivity contribution in [1.29, 1.82) is 0 Å². The van der Waals surface area contributed by atoms with Gasteiger partial charge in [-0.1, -0.05) is 39.5 Å². The van der Waals surface area contributed by atoms with Crippen LogP contribution in [0, 0.1) is 0 Å². The van der Waals surface area contributed by atoms with Gasteiger partial charge in [-0.3, -0.25) is 0 Å². The Morgan fingerprint density at radius 2 is 1.89 bits per heavy atom. The lowest BCUT2D eigenvalue weighted by Crippen LogP contribution is -1.97. The van der Waals surface area contributed by atoms with Gasteiger partial charge < -0.3 is 5.11 Å². The minimum atomic E-state index is -0.862. The van der Waals surface area contributed by atoms with Crippen LogP contribution in [0.5, 0.6) is 0 Å². The van der Waals surface area contributed by atoms with Crippen molar-refractivity contribution in [2.45, 2.75) is 56.1 Å². The molecule has 0 fully saturated rings. The van der Waals surface area contributed by atoms with Gasteiger partial charge in [-0.05, 0) is 30.7 Å². The Morgan fingerprint density at radius 3 is 2.44 bits per heavy atom. The summed E-state index contributed by atoms with van der Waals surface area (Å²) in [5, 5.41) is 9.41. The van der Waals surface area contributed by atoms with Gasteiger partial charge in [-0.2, -0.15) is 0 Å². The third-order valence-electron chi connectivity index (χ3n) is 2.90. The summed E-state index contributed by atoms with van der Waals surface area (Å²) in [5.74, 6) is -0.862. The number of hydrogen-bond acceptors (Lipinski definition) is 2. The number of hydrogen-bond donors (Lipinski definition) is 1. The SMILES string of the molecule is CCCCCC[C@@H](C)Sc1ccc(C(=O)O)cc1. The van der Waals surface area contributed by atoms with E-state index in [1.165, 1.54) is 32.1 Å². The fourth-order valence-corrected chi connectivity index (χ4v) is 2.87. The summed E-state index contributed by atoms with van der Waals surface area (Å²) in [5.41, 5.74) is 0.356. The highest BCUT2D eigenvalue weighted by molar-refractivity contribution is 7.99. The zero-order valence-corrected chi connectivity index (χ0v) is 12.0. The van der Waals surface area contributed by atoms with E-state index in [-0.39, 0.29) is 0 Å². The van der Waals surface area contributed by atoms with Gasteiger partial charge in [0.1, 0.15) is 0 Å². The summed E-state index contributed by atoms with van der Waals surface area (Å²) in [4.78, 5) is 11.9. The van der Waals surface area contributed by atoms with Crippen molar-refractivity contribution in [3.63, 3.8) is 0 Å². The van der Waals surface area contributed by atoms with Crippen LogP contribution in [0.15, 0.2) is 29.2 Å². The molecule has 0 saturated heterocycles. The highest BCUT2D eigenvalue weighted by Gasteiger charge is 2.06. The van der Waals surface area contributed by atoms with Crippen molar-refractivity contribution in [2.75, 3.05) is 0 Å². The maximum atomic E-state index is 10.7. The van der Waals surface area contributed by atoms with Gasteiger partial charge in [-0.25, -0.2) is 4.79 Å². The number of thioether (sulfide) groups is 1. The smallest absolute Gasteiger partial charge is 0.335 e. The van der Waals surface area contributed by atoms with E-state index in [2.05, 4.69) is 13.8 Å². The van der Waals surface area contributed by atoms with Crippen molar-refractivity contribution < 1.29 is 9.90 Å². The Kier molecular flexibility index (Phi) is 6.88. The molecule has 0 unspecified atom stereocenters. The molecule has 0 spiro atoms. The summed E-state index contributed by atoms with van der Waals surface area (Å²) >= 11 is 1.83. The summed E-state index contributed by atoms with van der Waals surface area (Å²) in [6.07, 6.45) is 6.43. The first-order chi connectivity index (χ1) is 8.63. The summed E-state index contributed by atoms with van der Waals surface area (Å²) in [6.45, 7) is 4.46. The van der Waals surface area contributed by atoms with Crippen LogP contribution in [0.3, 0.4) is 0 Å². The molecule has 1 atom stereocenters. The molecule has 1 aromatic carbocycles. The Balaban J connectivity index is 2.35. The molecule has 1 N–H and O–H groups in total. The third-order valence-corrected chi connectivity index (χ3v) is 4.09. The fourth-order valence-electron chi connectivity index (χ4n) is 1.83. The van der Waals surface area contributed by atoms with E-state index in [1.54, 1.807) is 12.1 Å². The zero-order chi connectivity index (χ0) is 13.4. The predicted molar refractivity (Wildman–Crippen MR) is 77.5 cm³/mol. The van der Waals surface area contributed by atoms with Crippen molar-refractivity contribution in [1.82, 2.24) is 0 Å². The Bertz CT molecular complexity index is 359. The number of carboxylic acids is 1. The molecule has 0 aliphatic rings. The standard InChI is InChI=1S/C15H22O2S/c1-3-4-5-6-7-12(2)18-14-10-8-13(9-11-14)15(16)17/h8-12H,3-7H2,1-2H3,(H,16,17)/t12-/m1/s1. The first-order valence-corrected chi connectivity index (χ1v) is 7.51. The van der Waals surface area contributed by atoms with Crippen LogP contribution in [0.4, 0.5) is 0 Å². The summed E-state index contributed by atoms with van der Waals surface area (Å²) in [6, 6.07) is 7.15. The molecule has 0 saturated carbocycles. The highest BCUT2D eigenvalue weighted by atomic mass is 32.2. The first kappa shape index (κ1) is 15.1. The Labute approximate surface area is 114 Å². The molecule has 0 aliphatic carbocycles. The van der Waals surface area contributed by atoms with Gasteiger partial charge >= 0.3 is 5.97 Å². The highest BCUT2D eigenvalue weighted by Crippen LogP contribution is 2.26. The summed E-state index contributed by atoms with van der Waals surface area (Å²) in [7, 11) is 0. The maximum absolute atomic E-state index is 10.7. The molecular formula is C15H22O2S. The van der Waals surface area contributed by atoms with Crippen LogP contribution in [0.25, 0.3) is 0 Å². The second-order valence-electron chi connectivity index (χ2n) is 4.61. The van der Waals surface area contributed by atoms with Crippen LogP contribution in [0.2, 0.25) is 0 Å². The average Bonchev–Trinajstić information content (AvgIpc) is 2.35. The van der Waals surface area contributed by atoms with Crippen LogP contribution in [-0.4, -0.2) is 16.3 Å². The molecule has 1 aromatic rings. The molecule has 0 bridgehead atoms. The van der Waals surface area contributed by atoms with E-state index in [0.29, 0.717) is 10.8 Å². The van der Waals surface area contributed by atoms with Crippen LogP contribution in [0.1, 0.15) is 56.3 Å². The maximum Gasteiger partial charge on any atom is 0.335 e. The lowest BCUT2D eigenvalue weighted by molar-refractivity contribution is 0.0697. The molecule has 0 heterocycles. The summed E-state index contributed by atoms with van der Waals surface area (Å²) < 4.78 is 0. The number of aromatic carboxylic acids is 1. The number of unbranched alkanes of at least 4 members (excludes halogenated alkanes) is 3. The molecule has 0 aromatic heterocycles. The molecule has 18 heavy (non-hydrogen) atoms. The van der Waals surface area contributed by atoms with Gasteiger partial charge in [-0.15, -0.1) is 11.8 Å². The fraction of sp³-hybridized carbons (Fsp3) is 0.533. The molecule has 100 valence electrons. The molecule has 1 rings (SSSR count). The molecule has 0 amide bonds. The van der Waals surface area contributed by atoms with Gasteiger partial charge in [0.05, 0.1) is 5.56 Å². The number of benzene rings is 1. The van der Waals surface area contributed by atoms with Crippen LogP contribution >= 0.6 is 11.8 Å². The second-order valence-corrected chi connectivity index (χ2v) is 6.12. The van der Waals surface area contributed by atoms with E-state index >= 15 is 0 Å². The van der Waals surface area contributed by atoms with Gasteiger partial charge in [0.2, 0.25) is 0 Å². The number of carboxylic acid groups (broad SMARTS) is 1. The van der Waals surface area contributed by atoms with Crippen molar-refractivity contribution in [3.05, 3.63) is 29.8 Å². The molecule has 0 radical (unpaired) electrons. The van der Waals surface area contributed by atoms with Crippen LogP contribution in [-0.2, 0) is 0 Å². The average molecular weight is 266 g/mol. The minimum Gasteiger partial charge on any atom is -0.478 e. The topological polar surface area (TPSA) is 37.3 Å². The monoisotopic (exact) mass is 266 g/mol. The van der Waals surface area contributed by atoms with Crippen molar-refractivity contribution >= 4 is 17.7 Å². The lowest BCUT2D eigenvalue weighted by atomic mass is 10.1. The van der Waals surface area contributed by atoms with E-state index < -0.39 is 5.97 Å². The Morgan fingerprint density at radius 1 is 1.22 bits per heavy atom. The zero-order valence-electron chi connectivity index (χ0n) is 11.2. The molecule has 3 heteroatoms. The van der Waals surface area contributed by atoms with E-state index in [0.717, 1.165) is 4.90 Å². The van der Waals surface area contributed by atoms with Crippen LogP contribution < -0.4 is 0 Å². The quantitative estimate of drug-likeness (QED) is 0.540. The first-order valence-electron chi connectivity index (χ1n) is 6.63. The number of rotatable bonds is 8. The lowest BCUT2D eigenvalue weighted by Gasteiger charge is -2.11. The number of carbonyl (C=O) groups is 1. The van der Waals surface area contributed by atoms with Gasteiger partial charge in [0, 0.05) is 10.1 Å². The molecular weight excluding hydrogens is 244 g/mol. The minimum absolute atomic E-state index is 0.356. The third kappa shape index (κ3) is 5.58. The second kappa shape index (κ2) is 8.20. The van der Waals surface area contributed by atoms with E-state index in [9.17, 15) is 4.79 Å².